The maximum absolute atomic E-state index is 12.8. The average Bonchev–Trinajstić information content (AvgIpc) is 3.23. The van der Waals surface area contributed by atoms with Crippen molar-refractivity contribution in [3.8, 4) is 11.4 Å². The van der Waals surface area contributed by atoms with Gasteiger partial charge < -0.3 is 19.4 Å². The van der Waals surface area contributed by atoms with Crippen molar-refractivity contribution >= 4 is 40.8 Å². The molecule has 3 aromatic rings. The molecule has 28 heavy (non-hydrogen) atoms. The minimum atomic E-state index is -0.538. The molecule has 3 rings (SSSR count). The lowest BCUT2D eigenvalue weighted by Gasteiger charge is -2.14. The molecule has 0 unspecified atom stereocenters. The Hall–Kier alpha value is -2.96. The molecule has 1 aromatic heterocycles. The number of hydrogen-bond acceptors (Lipinski definition) is 4. The van der Waals surface area contributed by atoms with Gasteiger partial charge in [-0.15, -0.1) is 0 Å². The summed E-state index contributed by atoms with van der Waals surface area (Å²) in [5, 5.41) is 3.32. The third-order valence-electron chi connectivity index (χ3n) is 4.03. The van der Waals surface area contributed by atoms with Gasteiger partial charge in [0.1, 0.15) is 5.75 Å². The Labute approximate surface area is 171 Å². The van der Waals surface area contributed by atoms with Crippen LogP contribution >= 0.6 is 23.2 Å². The van der Waals surface area contributed by atoms with Gasteiger partial charge in [-0.25, -0.2) is 4.79 Å². The zero-order valence-electron chi connectivity index (χ0n) is 15.0. The Bertz CT molecular complexity index is 1030. The number of benzene rings is 2. The van der Waals surface area contributed by atoms with Gasteiger partial charge in [-0.3, -0.25) is 4.79 Å². The number of ether oxygens (including phenoxy) is 2. The van der Waals surface area contributed by atoms with E-state index in [1.807, 2.05) is 29.1 Å². The van der Waals surface area contributed by atoms with Crippen LogP contribution in [-0.2, 0) is 4.74 Å². The lowest BCUT2D eigenvalue weighted by Crippen LogP contribution is -2.15. The van der Waals surface area contributed by atoms with E-state index in [2.05, 4.69) is 10.1 Å². The van der Waals surface area contributed by atoms with Gasteiger partial charge in [0.05, 0.1) is 46.8 Å². The van der Waals surface area contributed by atoms with Crippen LogP contribution in [0.5, 0.6) is 5.75 Å². The maximum Gasteiger partial charge on any atom is 0.337 e. The Morgan fingerprint density at radius 3 is 2.36 bits per heavy atom. The largest absolute Gasteiger partial charge is 0.496 e. The van der Waals surface area contributed by atoms with Crippen molar-refractivity contribution in [2.75, 3.05) is 19.5 Å². The van der Waals surface area contributed by atoms with E-state index >= 15 is 0 Å². The molecule has 1 N–H and O–H groups in total. The van der Waals surface area contributed by atoms with Crippen LogP contribution in [0.4, 0.5) is 5.69 Å². The number of carbonyl (C=O) groups excluding carboxylic acids is 2. The monoisotopic (exact) mass is 418 g/mol. The minimum Gasteiger partial charge on any atom is -0.496 e. The van der Waals surface area contributed by atoms with Crippen molar-refractivity contribution in [1.82, 2.24) is 4.57 Å². The SMILES string of the molecule is COC(=O)c1ccc(Cl)c(NC(=O)c2cc(Cl)c(-n3cccc3)cc2OC)c1. The van der Waals surface area contributed by atoms with Gasteiger partial charge >= 0.3 is 5.97 Å². The number of methoxy groups -OCH3 is 2. The van der Waals surface area contributed by atoms with E-state index in [1.165, 1.54) is 38.5 Å². The van der Waals surface area contributed by atoms with Crippen LogP contribution in [0.1, 0.15) is 20.7 Å². The van der Waals surface area contributed by atoms with E-state index in [1.54, 1.807) is 6.07 Å². The number of halogens is 2. The topological polar surface area (TPSA) is 69.6 Å². The molecule has 0 fully saturated rings. The van der Waals surface area contributed by atoms with E-state index in [-0.39, 0.29) is 21.8 Å². The number of esters is 1. The van der Waals surface area contributed by atoms with Crippen molar-refractivity contribution in [1.29, 1.82) is 0 Å². The minimum absolute atomic E-state index is 0.225. The molecule has 0 spiro atoms. The third-order valence-corrected chi connectivity index (χ3v) is 4.66. The van der Waals surface area contributed by atoms with E-state index in [9.17, 15) is 9.59 Å². The number of anilines is 1. The molecule has 0 saturated carbocycles. The summed E-state index contributed by atoms with van der Waals surface area (Å²) in [5.41, 5.74) is 1.42. The van der Waals surface area contributed by atoms with Gasteiger partial charge in [-0.05, 0) is 36.4 Å². The van der Waals surface area contributed by atoms with Crippen molar-refractivity contribution < 1.29 is 19.1 Å². The fourth-order valence-corrected chi connectivity index (χ4v) is 3.06. The van der Waals surface area contributed by atoms with Gasteiger partial charge in [0.15, 0.2) is 0 Å². The summed E-state index contributed by atoms with van der Waals surface area (Å²) in [6, 6.07) is 11.4. The number of nitrogens with one attached hydrogen (secondary N) is 1. The van der Waals surface area contributed by atoms with Crippen LogP contribution in [0, 0.1) is 0 Å². The zero-order valence-corrected chi connectivity index (χ0v) is 16.5. The van der Waals surface area contributed by atoms with Gasteiger partial charge in [0.25, 0.3) is 5.91 Å². The molecular formula is C20H16Cl2N2O4. The predicted octanol–water partition coefficient (Wildman–Crippen LogP) is 4.83. The molecule has 1 amide bonds. The van der Waals surface area contributed by atoms with Crippen molar-refractivity contribution in [2.45, 2.75) is 0 Å². The van der Waals surface area contributed by atoms with Crippen LogP contribution in [0.25, 0.3) is 5.69 Å². The number of aromatic nitrogens is 1. The molecule has 0 aliphatic rings. The first-order chi connectivity index (χ1) is 13.4. The highest BCUT2D eigenvalue weighted by atomic mass is 35.5. The Morgan fingerprint density at radius 1 is 1.00 bits per heavy atom. The van der Waals surface area contributed by atoms with E-state index in [0.29, 0.717) is 16.5 Å². The molecule has 2 aromatic carbocycles. The first kappa shape index (κ1) is 19.8. The first-order valence-corrected chi connectivity index (χ1v) is 8.90. The van der Waals surface area contributed by atoms with Crippen LogP contribution in [0.15, 0.2) is 54.9 Å². The standard InChI is InChI=1S/C20H16Cl2N2O4/c1-27-18-11-17(24-7-3-4-8-24)15(22)10-13(18)19(25)23-16-9-12(20(26)28-2)5-6-14(16)21/h3-11H,1-2H3,(H,23,25). The second-order valence-corrected chi connectivity index (χ2v) is 6.55. The highest BCUT2D eigenvalue weighted by Crippen LogP contribution is 2.31. The number of rotatable bonds is 5. The predicted molar refractivity (Wildman–Crippen MR) is 108 cm³/mol. The normalized spacial score (nSPS) is 10.4. The highest BCUT2D eigenvalue weighted by molar-refractivity contribution is 6.34. The number of carbonyl (C=O) groups is 2. The Kier molecular flexibility index (Phi) is 5.92. The fraction of sp³-hybridized carbons (Fsp3) is 0.100. The van der Waals surface area contributed by atoms with Crippen LogP contribution < -0.4 is 10.1 Å². The van der Waals surface area contributed by atoms with E-state index < -0.39 is 11.9 Å². The summed E-state index contributed by atoms with van der Waals surface area (Å²) in [6.07, 6.45) is 3.66. The highest BCUT2D eigenvalue weighted by Gasteiger charge is 2.18. The summed E-state index contributed by atoms with van der Waals surface area (Å²) < 4.78 is 11.9. The number of nitrogens with zero attached hydrogens (tertiary/aromatic N) is 1. The lowest BCUT2D eigenvalue weighted by molar-refractivity contribution is 0.0600. The van der Waals surface area contributed by atoms with Gasteiger partial charge in [-0.1, -0.05) is 23.2 Å². The summed E-state index contributed by atoms with van der Waals surface area (Å²) in [5.74, 6) is -0.684. The second kappa shape index (κ2) is 8.37. The quantitative estimate of drug-likeness (QED) is 0.602. The van der Waals surface area contributed by atoms with E-state index in [0.717, 1.165) is 0 Å². The van der Waals surface area contributed by atoms with Crippen molar-refractivity contribution in [2.24, 2.45) is 0 Å². The van der Waals surface area contributed by atoms with Gasteiger partial charge in [0, 0.05) is 18.5 Å². The lowest BCUT2D eigenvalue weighted by atomic mass is 10.1. The molecule has 0 aliphatic carbocycles. The van der Waals surface area contributed by atoms with E-state index in [4.69, 9.17) is 27.9 Å². The fourth-order valence-electron chi connectivity index (χ4n) is 2.64. The molecule has 8 heteroatoms. The molecular weight excluding hydrogens is 403 g/mol. The second-order valence-electron chi connectivity index (χ2n) is 5.73. The smallest absolute Gasteiger partial charge is 0.337 e. The molecule has 1 heterocycles. The molecule has 0 atom stereocenters. The number of hydrogen-bond donors (Lipinski definition) is 1. The van der Waals surface area contributed by atoms with Crippen LogP contribution in [-0.4, -0.2) is 30.7 Å². The Balaban J connectivity index is 1.95. The van der Waals surface area contributed by atoms with Crippen molar-refractivity contribution in [3.63, 3.8) is 0 Å². The molecule has 0 bridgehead atoms. The first-order valence-electron chi connectivity index (χ1n) is 8.14. The van der Waals surface area contributed by atoms with Crippen LogP contribution in [0.2, 0.25) is 10.0 Å². The van der Waals surface area contributed by atoms with Gasteiger partial charge in [0.2, 0.25) is 0 Å². The van der Waals surface area contributed by atoms with Crippen molar-refractivity contribution in [3.05, 3.63) is 76.0 Å². The summed E-state index contributed by atoms with van der Waals surface area (Å²) in [6.45, 7) is 0. The van der Waals surface area contributed by atoms with Crippen LogP contribution in [0.3, 0.4) is 0 Å². The summed E-state index contributed by atoms with van der Waals surface area (Å²) >= 11 is 12.5. The summed E-state index contributed by atoms with van der Waals surface area (Å²) in [4.78, 5) is 24.5. The Morgan fingerprint density at radius 2 is 1.71 bits per heavy atom. The average molecular weight is 419 g/mol. The maximum atomic E-state index is 12.8. The zero-order chi connectivity index (χ0) is 20.3. The summed E-state index contributed by atoms with van der Waals surface area (Å²) in [7, 11) is 2.73. The molecule has 0 radical (unpaired) electrons. The van der Waals surface area contributed by atoms with Gasteiger partial charge in [-0.2, -0.15) is 0 Å². The molecule has 144 valence electrons. The molecule has 0 saturated heterocycles. The molecule has 0 aliphatic heterocycles. The molecule has 6 nitrogen and oxygen atoms in total. The third kappa shape index (κ3) is 3.98. The number of amides is 1.